The maximum Gasteiger partial charge on any atom is 0.490 e. The van der Waals surface area contributed by atoms with E-state index in [-0.39, 0.29) is 17.7 Å². The second kappa shape index (κ2) is 11.7. The molecule has 2 aromatic rings. The van der Waals surface area contributed by atoms with Gasteiger partial charge in [-0.2, -0.15) is 13.2 Å². The van der Waals surface area contributed by atoms with Gasteiger partial charge < -0.3 is 25.1 Å². The fourth-order valence-corrected chi connectivity index (χ4v) is 4.69. The first-order valence-electron chi connectivity index (χ1n) is 12.7. The molecule has 0 fully saturated rings. The molecule has 0 bridgehead atoms. The van der Waals surface area contributed by atoms with Crippen molar-refractivity contribution in [3.8, 4) is 0 Å². The number of rotatable bonds is 5. The molecule has 0 unspecified atom stereocenters. The van der Waals surface area contributed by atoms with E-state index >= 15 is 0 Å². The fourth-order valence-electron chi connectivity index (χ4n) is 4.69. The van der Waals surface area contributed by atoms with E-state index in [1.165, 1.54) is 5.56 Å². The fraction of sp³-hybridized carbons (Fsp3) is 0.429. The average Bonchev–Trinajstić information content (AvgIpc) is 2.95. The molecule has 2 heterocycles. The molecule has 0 radical (unpaired) electrons. The van der Waals surface area contributed by atoms with Crippen LogP contribution in [-0.2, 0) is 38.7 Å². The predicted molar refractivity (Wildman–Crippen MR) is 144 cm³/mol. The van der Waals surface area contributed by atoms with Crippen LogP contribution in [0.5, 0.6) is 0 Å². The molecule has 3 amide bonds. The van der Waals surface area contributed by atoms with Crippen molar-refractivity contribution in [1.82, 2.24) is 5.32 Å². The molecule has 9 nitrogen and oxygen atoms in total. The number of halogens is 3. The summed E-state index contributed by atoms with van der Waals surface area (Å²) in [5, 5.41) is 10.6. The largest absolute Gasteiger partial charge is 0.490 e. The summed E-state index contributed by atoms with van der Waals surface area (Å²) >= 11 is 0. The van der Waals surface area contributed by atoms with E-state index in [0.29, 0.717) is 26.1 Å². The van der Waals surface area contributed by atoms with Crippen LogP contribution in [0.25, 0.3) is 0 Å². The molecule has 2 aromatic carbocycles. The molecule has 0 saturated heterocycles. The molecule has 2 N–H and O–H groups in total. The third-order valence-corrected chi connectivity index (χ3v) is 7.02. The number of hydrogen-bond acceptors (Lipinski definition) is 5. The molecule has 216 valence electrons. The standard InChI is InChI=1S/C26H32N4O3.C2HF3O2/c1-6-30-20-11-8-18(14-22(20)29(5)24(32)26(2,3)25(30)33)16-27-15-17-7-9-19-10-12-23(31)28(4)21(19)13-17;3-2(4,5)1(6)7/h7-9,11,13-14,27H,6,10,12,15-16H2,1-5H3;(H,6,7). The zero-order valence-corrected chi connectivity index (χ0v) is 23.1. The zero-order chi connectivity index (χ0) is 30.0. The Morgan fingerprint density at radius 1 is 0.900 bits per heavy atom. The van der Waals surface area contributed by atoms with Crippen LogP contribution >= 0.6 is 0 Å². The van der Waals surface area contributed by atoms with Gasteiger partial charge in [-0.1, -0.05) is 18.2 Å². The Morgan fingerprint density at radius 3 is 2.00 bits per heavy atom. The van der Waals surface area contributed by atoms with Crippen LogP contribution in [0.2, 0.25) is 0 Å². The minimum Gasteiger partial charge on any atom is -0.475 e. The molecular formula is C28H33F3N4O5. The van der Waals surface area contributed by atoms with Crippen molar-refractivity contribution in [3.05, 3.63) is 53.1 Å². The van der Waals surface area contributed by atoms with Gasteiger partial charge in [0.2, 0.25) is 17.7 Å². The first-order chi connectivity index (χ1) is 18.6. The topological polar surface area (TPSA) is 110 Å². The second-order valence-electron chi connectivity index (χ2n) is 10.2. The Kier molecular flexibility index (Phi) is 8.93. The summed E-state index contributed by atoms with van der Waals surface area (Å²) in [5.74, 6) is -2.99. The van der Waals surface area contributed by atoms with E-state index in [1.807, 2.05) is 32.2 Å². The third-order valence-electron chi connectivity index (χ3n) is 7.02. The molecule has 2 aliphatic heterocycles. The normalized spacial score (nSPS) is 16.6. The second-order valence-corrected chi connectivity index (χ2v) is 10.2. The lowest BCUT2D eigenvalue weighted by molar-refractivity contribution is -0.192. The molecule has 0 atom stereocenters. The lowest BCUT2D eigenvalue weighted by atomic mass is 9.90. The quantitative estimate of drug-likeness (QED) is 0.536. The van der Waals surface area contributed by atoms with Crippen molar-refractivity contribution in [1.29, 1.82) is 0 Å². The maximum absolute atomic E-state index is 13.0. The molecular weight excluding hydrogens is 529 g/mol. The van der Waals surface area contributed by atoms with Crippen molar-refractivity contribution in [2.75, 3.05) is 35.3 Å². The van der Waals surface area contributed by atoms with Gasteiger partial charge in [-0.25, -0.2) is 4.79 Å². The number of alkyl halides is 3. The highest BCUT2D eigenvalue weighted by atomic mass is 19.4. The van der Waals surface area contributed by atoms with Gasteiger partial charge in [-0.05, 0) is 62.1 Å². The van der Waals surface area contributed by atoms with E-state index < -0.39 is 17.6 Å². The van der Waals surface area contributed by atoms with Crippen LogP contribution in [0.3, 0.4) is 0 Å². The lowest BCUT2D eigenvalue weighted by Gasteiger charge is -2.27. The minimum absolute atomic E-state index is 0.152. The highest BCUT2D eigenvalue weighted by Crippen LogP contribution is 2.38. The van der Waals surface area contributed by atoms with Crippen molar-refractivity contribution < 1.29 is 37.5 Å². The van der Waals surface area contributed by atoms with Crippen molar-refractivity contribution >= 4 is 40.8 Å². The smallest absolute Gasteiger partial charge is 0.475 e. The summed E-state index contributed by atoms with van der Waals surface area (Å²) in [6, 6.07) is 12.2. The molecule has 0 aliphatic carbocycles. The number of aryl methyl sites for hydroxylation is 1. The Balaban J connectivity index is 0.000000559. The van der Waals surface area contributed by atoms with Crippen LogP contribution in [0.15, 0.2) is 36.4 Å². The lowest BCUT2D eigenvalue weighted by Crippen LogP contribution is -2.47. The van der Waals surface area contributed by atoms with Gasteiger partial charge in [0.25, 0.3) is 0 Å². The number of carboxylic acids is 1. The molecule has 0 aromatic heterocycles. The number of carboxylic acid groups (broad SMARTS) is 1. The summed E-state index contributed by atoms with van der Waals surface area (Å²) in [4.78, 5) is 52.0. The monoisotopic (exact) mass is 562 g/mol. The van der Waals surface area contributed by atoms with E-state index in [9.17, 15) is 27.6 Å². The van der Waals surface area contributed by atoms with Crippen LogP contribution in [0.1, 0.15) is 43.9 Å². The number of nitrogens with zero attached hydrogens (tertiary/aromatic N) is 3. The van der Waals surface area contributed by atoms with Gasteiger partial charge in [-0.3, -0.25) is 14.4 Å². The number of anilines is 3. The number of fused-ring (bicyclic) bond motifs is 2. The summed E-state index contributed by atoms with van der Waals surface area (Å²) in [5.41, 5.74) is 4.73. The van der Waals surface area contributed by atoms with E-state index in [0.717, 1.165) is 34.6 Å². The first-order valence-corrected chi connectivity index (χ1v) is 12.7. The molecule has 0 saturated carbocycles. The Bertz CT molecular complexity index is 1330. The predicted octanol–water partition coefficient (Wildman–Crippen LogP) is 3.87. The highest BCUT2D eigenvalue weighted by molar-refractivity contribution is 6.19. The van der Waals surface area contributed by atoms with Gasteiger partial charge in [0.1, 0.15) is 5.41 Å². The van der Waals surface area contributed by atoms with Crippen molar-refractivity contribution in [2.45, 2.75) is 52.9 Å². The molecule has 4 rings (SSSR count). The summed E-state index contributed by atoms with van der Waals surface area (Å²) in [6.45, 7) is 7.08. The summed E-state index contributed by atoms with van der Waals surface area (Å²) in [6.07, 6.45) is -3.73. The number of hydrogen-bond donors (Lipinski definition) is 2. The number of carbonyl (C=O) groups excluding carboxylic acids is 3. The van der Waals surface area contributed by atoms with Crippen LogP contribution in [-0.4, -0.2) is 55.6 Å². The minimum atomic E-state index is -5.08. The maximum atomic E-state index is 13.0. The molecule has 40 heavy (non-hydrogen) atoms. The molecule has 0 spiro atoms. The first kappa shape index (κ1) is 30.6. The number of benzene rings is 2. The van der Waals surface area contributed by atoms with Crippen LogP contribution in [0.4, 0.5) is 30.2 Å². The van der Waals surface area contributed by atoms with E-state index in [1.54, 1.807) is 35.6 Å². The van der Waals surface area contributed by atoms with E-state index in [2.05, 4.69) is 23.5 Å². The SMILES string of the molecule is CCN1C(=O)C(C)(C)C(=O)N(C)c2cc(CNCc3ccc4c(c3)N(C)C(=O)CC4)ccc21.O=C(O)C(F)(F)F. The third kappa shape index (κ3) is 6.27. The number of carbonyl (C=O) groups is 4. The number of amides is 3. The zero-order valence-electron chi connectivity index (χ0n) is 23.1. The Labute approximate surface area is 230 Å². The van der Waals surface area contributed by atoms with E-state index in [4.69, 9.17) is 9.90 Å². The van der Waals surface area contributed by atoms with Gasteiger partial charge in [0.15, 0.2) is 0 Å². The summed E-state index contributed by atoms with van der Waals surface area (Å²) < 4.78 is 31.7. The van der Waals surface area contributed by atoms with Crippen molar-refractivity contribution in [2.24, 2.45) is 5.41 Å². The van der Waals surface area contributed by atoms with Crippen molar-refractivity contribution in [3.63, 3.8) is 0 Å². The molecule has 12 heteroatoms. The number of aliphatic carboxylic acids is 1. The van der Waals surface area contributed by atoms with Gasteiger partial charge in [-0.15, -0.1) is 0 Å². The van der Waals surface area contributed by atoms with Crippen LogP contribution in [0, 0.1) is 5.41 Å². The average molecular weight is 563 g/mol. The van der Waals surface area contributed by atoms with Gasteiger partial charge >= 0.3 is 12.1 Å². The summed E-state index contributed by atoms with van der Waals surface area (Å²) in [7, 11) is 3.56. The Morgan fingerprint density at radius 2 is 1.45 bits per heavy atom. The van der Waals surface area contributed by atoms with Gasteiger partial charge in [0.05, 0.1) is 11.4 Å². The number of nitrogens with one attached hydrogen (secondary N) is 1. The molecule has 2 aliphatic rings. The van der Waals surface area contributed by atoms with Gasteiger partial charge in [0, 0.05) is 45.8 Å². The van der Waals surface area contributed by atoms with Crippen LogP contribution < -0.4 is 20.0 Å². The highest BCUT2D eigenvalue weighted by Gasteiger charge is 2.45. The Hall–Kier alpha value is -3.93.